The van der Waals surface area contributed by atoms with Gasteiger partial charge in [0, 0.05) is 0 Å². The molecule has 2 rings (SSSR count). The number of hydrogen-bond donors (Lipinski definition) is 2. The van der Waals surface area contributed by atoms with Gasteiger partial charge in [-0.1, -0.05) is 6.07 Å². The van der Waals surface area contributed by atoms with Crippen LogP contribution < -0.4 is 10.5 Å². The maximum atomic E-state index is 12.5. The van der Waals surface area contributed by atoms with Crippen LogP contribution in [0.25, 0.3) is 0 Å². The van der Waals surface area contributed by atoms with Crippen molar-refractivity contribution in [1.82, 2.24) is 4.72 Å². The van der Waals surface area contributed by atoms with E-state index in [1.165, 1.54) is 6.26 Å². The highest BCUT2D eigenvalue weighted by Crippen LogP contribution is 2.26. The third kappa shape index (κ3) is 2.71. The van der Waals surface area contributed by atoms with Crippen molar-refractivity contribution in [2.75, 3.05) is 5.73 Å². The Morgan fingerprint density at radius 1 is 1.25 bits per heavy atom. The quantitative estimate of drug-likeness (QED) is 0.848. The van der Waals surface area contributed by atoms with Crippen molar-refractivity contribution in [3.8, 4) is 0 Å². The van der Waals surface area contributed by atoms with Gasteiger partial charge in [0.05, 0.1) is 18.0 Å². The van der Waals surface area contributed by atoms with E-state index in [0.29, 0.717) is 11.3 Å². The summed E-state index contributed by atoms with van der Waals surface area (Å²) < 4.78 is 32.8. The number of aryl methyl sites for hydroxylation is 1. The molecule has 0 spiro atoms. The van der Waals surface area contributed by atoms with Crippen LogP contribution in [0.4, 0.5) is 5.69 Å². The number of nitrogen functional groups attached to an aromatic ring is 1. The molecule has 0 aliphatic carbocycles. The van der Waals surface area contributed by atoms with Crippen molar-refractivity contribution < 1.29 is 12.8 Å². The summed E-state index contributed by atoms with van der Waals surface area (Å²) in [6, 6.07) is 6.38. The molecule has 0 fully saturated rings. The average Bonchev–Trinajstić information content (AvgIpc) is 2.87. The highest BCUT2D eigenvalue weighted by atomic mass is 32.2. The van der Waals surface area contributed by atoms with Crippen molar-refractivity contribution in [1.29, 1.82) is 0 Å². The fourth-order valence-corrected chi connectivity index (χ4v) is 3.70. The summed E-state index contributed by atoms with van der Waals surface area (Å²) in [6.07, 6.45) is 1.51. The molecule has 0 saturated heterocycles. The molecule has 0 saturated carbocycles. The van der Waals surface area contributed by atoms with Crippen LogP contribution in [0.1, 0.15) is 29.9 Å². The number of hydrogen-bond acceptors (Lipinski definition) is 4. The molecule has 0 amide bonds. The zero-order chi connectivity index (χ0) is 14.9. The molecule has 0 aliphatic rings. The van der Waals surface area contributed by atoms with Gasteiger partial charge in [0.25, 0.3) is 0 Å². The molecule has 0 radical (unpaired) electrons. The zero-order valence-electron chi connectivity index (χ0n) is 11.7. The maximum Gasteiger partial charge on any atom is 0.243 e. The Kier molecular flexibility index (Phi) is 3.87. The molecule has 5 nitrogen and oxygen atoms in total. The largest absolute Gasteiger partial charge is 0.468 e. The Bertz CT molecular complexity index is 706. The van der Waals surface area contributed by atoms with Crippen LogP contribution >= 0.6 is 0 Å². The van der Waals surface area contributed by atoms with Gasteiger partial charge in [0.1, 0.15) is 10.7 Å². The lowest BCUT2D eigenvalue weighted by molar-refractivity contribution is 0.459. The first-order chi connectivity index (χ1) is 9.33. The van der Waals surface area contributed by atoms with E-state index in [0.717, 1.165) is 5.56 Å². The minimum Gasteiger partial charge on any atom is -0.468 e. The highest BCUT2D eigenvalue weighted by Gasteiger charge is 2.24. The Labute approximate surface area is 118 Å². The number of nitrogens with two attached hydrogens (primary N) is 1. The lowest BCUT2D eigenvalue weighted by atomic mass is 10.1. The molecule has 0 aliphatic heterocycles. The minimum atomic E-state index is -3.70. The van der Waals surface area contributed by atoms with E-state index in [4.69, 9.17) is 10.2 Å². The molecule has 1 aromatic carbocycles. The number of furan rings is 1. The molecule has 1 aromatic heterocycles. The van der Waals surface area contributed by atoms with Gasteiger partial charge in [-0.3, -0.25) is 0 Å². The summed E-state index contributed by atoms with van der Waals surface area (Å²) in [5.74, 6) is 0.553. The fraction of sp³-hybridized carbons (Fsp3) is 0.286. The maximum absolute atomic E-state index is 12.5. The second kappa shape index (κ2) is 5.30. The van der Waals surface area contributed by atoms with E-state index in [1.807, 2.05) is 6.92 Å². The van der Waals surface area contributed by atoms with E-state index >= 15 is 0 Å². The van der Waals surface area contributed by atoms with E-state index in [1.54, 1.807) is 38.1 Å². The molecule has 1 heterocycles. The monoisotopic (exact) mass is 294 g/mol. The summed E-state index contributed by atoms with van der Waals surface area (Å²) in [5.41, 5.74) is 7.61. The van der Waals surface area contributed by atoms with Crippen molar-refractivity contribution >= 4 is 15.7 Å². The standard InChI is InChI=1S/C14H18N2O3S/c1-9-6-7-12(15)14(10(9)2)20(17,18)16-11(3)13-5-4-8-19-13/h4-8,11,16H,15H2,1-3H3. The first kappa shape index (κ1) is 14.6. The fourth-order valence-electron chi connectivity index (χ4n) is 2.06. The molecule has 1 atom stereocenters. The molecule has 6 heteroatoms. The molecule has 2 aromatic rings. The summed E-state index contributed by atoms with van der Waals surface area (Å²) in [5, 5.41) is 0. The highest BCUT2D eigenvalue weighted by molar-refractivity contribution is 7.89. The van der Waals surface area contributed by atoms with Gasteiger partial charge < -0.3 is 10.2 Å². The third-order valence-electron chi connectivity index (χ3n) is 3.28. The van der Waals surface area contributed by atoms with Crippen LogP contribution in [0.15, 0.2) is 39.8 Å². The topological polar surface area (TPSA) is 85.3 Å². The van der Waals surface area contributed by atoms with E-state index in [2.05, 4.69) is 4.72 Å². The second-order valence-corrected chi connectivity index (χ2v) is 6.44. The first-order valence-electron chi connectivity index (χ1n) is 6.24. The van der Waals surface area contributed by atoms with Gasteiger partial charge in [-0.05, 0) is 50.1 Å². The van der Waals surface area contributed by atoms with Crippen LogP contribution in [-0.2, 0) is 10.0 Å². The summed E-state index contributed by atoms with van der Waals surface area (Å²) in [6.45, 7) is 5.32. The van der Waals surface area contributed by atoms with Crippen LogP contribution in [0.3, 0.4) is 0 Å². The predicted octanol–water partition coefficient (Wildman–Crippen LogP) is 2.52. The predicted molar refractivity (Wildman–Crippen MR) is 77.8 cm³/mol. The number of sulfonamides is 1. The molecule has 1 unspecified atom stereocenters. The normalized spacial score (nSPS) is 13.3. The third-order valence-corrected chi connectivity index (χ3v) is 5.02. The van der Waals surface area contributed by atoms with Crippen LogP contribution in [-0.4, -0.2) is 8.42 Å². The van der Waals surface area contributed by atoms with Crippen molar-refractivity contribution in [3.63, 3.8) is 0 Å². The van der Waals surface area contributed by atoms with E-state index in [9.17, 15) is 8.42 Å². The summed E-state index contributed by atoms with van der Waals surface area (Å²) >= 11 is 0. The summed E-state index contributed by atoms with van der Waals surface area (Å²) in [7, 11) is -3.70. The Balaban J connectivity index is 2.39. The summed E-state index contributed by atoms with van der Waals surface area (Å²) in [4.78, 5) is 0.135. The first-order valence-corrected chi connectivity index (χ1v) is 7.72. The Morgan fingerprint density at radius 3 is 2.55 bits per heavy atom. The van der Waals surface area contributed by atoms with Gasteiger partial charge >= 0.3 is 0 Å². The Hall–Kier alpha value is -1.79. The van der Waals surface area contributed by atoms with Crippen molar-refractivity contribution in [2.45, 2.75) is 31.7 Å². The second-order valence-electron chi connectivity index (χ2n) is 4.78. The van der Waals surface area contributed by atoms with Crippen LogP contribution in [0, 0.1) is 13.8 Å². The van der Waals surface area contributed by atoms with Crippen molar-refractivity contribution in [3.05, 3.63) is 47.4 Å². The number of nitrogens with one attached hydrogen (secondary N) is 1. The molecule has 108 valence electrons. The van der Waals surface area contributed by atoms with Gasteiger partial charge in [0.2, 0.25) is 10.0 Å². The lowest BCUT2D eigenvalue weighted by Crippen LogP contribution is -2.28. The SMILES string of the molecule is Cc1ccc(N)c(S(=O)(=O)NC(C)c2ccco2)c1C. The molecular weight excluding hydrogens is 276 g/mol. The van der Waals surface area contributed by atoms with Gasteiger partial charge in [-0.2, -0.15) is 0 Å². The van der Waals surface area contributed by atoms with Crippen molar-refractivity contribution in [2.24, 2.45) is 0 Å². The average molecular weight is 294 g/mol. The van der Waals surface area contributed by atoms with Gasteiger partial charge in [0.15, 0.2) is 0 Å². The van der Waals surface area contributed by atoms with E-state index in [-0.39, 0.29) is 10.6 Å². The smallest absolute Gasteiger partial charge is 0.243 e. The minimum absolute atomic E-state index is 0.135. The van der Waals surface area contributed by atoms with Gasteiger partial charge in [-0.25, -0.2) is 13.1 Å². The molecule has 0 bridgehead atoms. The lowest BCUT2D eigenvalue weighted by Gasteiger charge is -2.16. The van der Waals surface area contributed by atoms with Gasteiger partial charge in [-0.15, -0.1) is 0 Å². The van der Waals surface area contributed by atoms with E-state index < -0.39 is 16.1 Å². The molecule has 20 heavy (non-hydrogen) atoms. The molecular formula is C14H18N2O3S. The number of benzene rings is 1. The van der Waals surface area contributed by atoms with Crippen LogP contribution in [0.5, 0.6) is 0 Å². The number of rotatable bonds is 4. The zero-order valence-corrected chi connectivity index (χ0v) is 12.5. The Morgan fingerprint density at radius 2 is 1.95 bits per heavy atom. The number of anilines is 1. The molecule has 3 N–H and O–H groups in total. The van der Waals surface area contributed by atoms with Crippen LogP contribution in [0.2, 0.25) is 0 Å².